The summed E-state index contributed by atoms with van der Waals surface area (Å²) < 4.78 is 10.7. The molecule has 0 fully saturated rings. The molecule has 0 saturated carbocycles. The molecule has 1 heterocycles. The minimum atomic E-state index is -0.173. The standard InChI is InChI=1S/C24H30N2O4/c1-17(2)12-24(27)26(15-18-8-6-5-7-9-18)16-20-14-21(25-30-20)19-10-11-22(28-3)23(13-19)29-4/h5-11,13,17,20H,12,14-16H2,1-4H3/t20-/m1/s1. The van der Waals surface area contributed by atoms with E-state index in [9.17, 15) is 4.79 Å². The fraction of sp³-hybridized carbons (Fsp3) is 0.417. The number of hydrogen-bond donors (Lipinski definition) is 0. The zero-order valence-electron chi connectivity index (χ0n) is 18.1. The molecule has 6 heteroatoms. The highest BCUT2D eigenvalue weighted by atomic mass is 16.6. The van der Waals surface area contributed by atoms with Gasteiger partial charge < -0.3 is 19.2 Å². The Morgan fingerprint density at radius 1 is 1.13 bits per heavy atom. The molecule has 1 aliphatic heterocycles. The summed E-state index contributed by atoms with van der Waals surface area (Å²) in [5, 5.41) is 4.28. The van der Waals surface area contributed by atoms with Gasteiger partial charge >= 0.3 is 0 Å². The van der Waals surface area contributed by atoms with Crippen LogP contribution in [-0.2, 0) is 16.2 Å². The second-order valence-corrected chi connectivity index (χ2v) is 7.90. The SMILES string of the molecule is COc1ccc(C2=NO[C@@H](CN(Cc3ccccc3)C(=O)CC(C)C)C2)cc1OC. The number of rotatable bonds is 9. The number of oxime groups is 1. The van der Waals surface area contributed by atoms with Crippen molar-refractivity contribution in [3.63, 3.8) is 0 Å². The van der Waals surface area contributed by atoms with Gasteiger partial charge in [0, 0.05) is 24.9 Å². The summed E-state index contributed by atoms with van der Waals surface area (Å²) in [7, 11) is 3.22. The van der Waals surface area contributed by atoms with Crippen LogP contribution in [0.25, 0.3) is 0 Å². The van der Waals surface area contributed by atoms with Gasteiger partial charge in [0.25, 0.3) is 0 Å². The quantitative estimate of drug-likeness (QED) is 0.619. The first kappa shape index (κ1) is 21.7. The average Bonchev–Trinajstić information content (AvgIpc) is 3.21. The maximum atomic E-state index is 12.9. The van der Waals surface area contributed by atoms with Crippen molar-refractivity contribution in [1.29, 1.82) is 0 Å². The van der Waals surface area contributed by atoms with Crippen LogP contribution in [0.3, 0.4) is 0 Å². The van der Waals surface area contributed by atoms with Crippen molar-refractivity contribution in [2.24, 2.45) is 11.1 Å². The number of nitrogens with zero attached hydrogens (tertiary/aromatic N) is 2. The molecule has 0 aromatic heterocycles. The summed E-state index contributed by atoms with van der Waals surface area (Å²) >= 11 is 0. The van der Waals surface area contributed by atoms with Gasteiger partial charge in [0.2, 0.25) is 5.91 Å². The van der Waals surface area contributed by atoms with Gasteiger partial charge in [-0.3, -0.25) is 4.79 Å². The van der Waals surface area contributed by atoms with Crippen LogP contribution in [-0.4, -0.2) is 43.4 Å². The molecule has 2 aromatic carbocycles. The van der Waals surface area contributed by atoms with Gasteiger partial charge in [-0.2, -0.15) is 0 Å². The largest absolute Gasteiger partial charge is 0.493 e. The van der Waals surface area contributed by atoms with Crippen molar-refractivity contribution in [2.45, 2.75) is 39.3 Å². The lowest BCUT2D eigenvalue weighted by molar-refractivity contribution is -0.134. The van der Waals surface area contributed by atoms with Crippen LogP contribution >= 0.6 is 0 Å². The Hall–Kier alpha value is -3.02. The summed E-state index contributed by atoms with van der Waals surface area (Å²) in [6, 6.07) is 15.7. The first-order valence-electron chi connectivity index (χ1n) is 10.3. The van der Waals surface area contributed by atoms with Gasteiger partial charge in [-0.15, -0.1) is 0 Å². The molecule has 0 spiro atoms. The zero-order valence-corrected chi connectivity index (χ0v) is 18.1. The molecule has 0 bridgehead atoms. The summed E-state index contributed by atoms with van der Waals surface area (Å²) in [4.78, 5) is 20.4. The number of ether oxygens (including phenoxy) is 2. The lowest BCUT2D eigenvalue weighted by Crippen LogP contribution is -2.37. The fourth-order valence-corrected chi connectivity index (χ4v) is 3.50. The number of carbonyl (C=O) groups excluding carboxylic acids is 1. The summed E-state index contributed by atoms with van der Waals surface area (Å²) in [6.07, 6.45) is 0.978. The predicted molar refractivity (Wildman–Crippen MR) is 117 cm³/mol. The van der Waals surface area contributed by atoms with E-state index in [4.69, 9.17) is 14.3 Å². The molecule has 0 unspecified atom stereocenters. The van der Waals surface area contributed by atoms with Crippen LogP contribution in [0.1, 0.15) is 37.8 Å². The Kier molecular flexibility index (Phi) is 7.33. The van der Waals surface area contributed by atoms with Crippen LogP contribution in [0.5, 0.6) is 11.5 Å². The molecule has 30 heavy (non-hydrogen) atoms. The third kappa shape index (κ3) is 5.53. The first-order chi connectivity index (χ1) is 14.5. The van der Waals surface area contributed by atoms with Crippen molar-refractivity contribution in [1.82, 2.24) is 4.90 Å². The van der Waals surface area contributed by atoms with Gasteiger partial charge in [-0.1, -0.05) is 49.3 Å². The average molecular weight is 411 g/mol. The maximum absolute atomic E-state index is 12.9. The molecule has 0 N–H and O–H groups in total. The van der Waals surface area contributed by atoms with Crippen molar-refractivity contribution in [3.05, 3.63) is 59.7 Å². The van der Waals surface area contributed by atoms with E-state index in [2.05, 4.69) is 19.0 Å². The molecular weight excluding hydrogens is 380 g/mol. The van der Waals surface area contributed by atoms with E-state index >= 15 is 0 Å². The van der Waals surface area contributed by atoms with Crippen molar-refractivity contribution >= 4 is 11.6 Å². The van der Waals surface area contributed by atoms with Crippen LogP contribution < -0.4 is 9.47 Å². The number of carbonyl (C=O) groups is 1. The second-order valence-electron chi connectivity index (χ2n) is 7.90. The van der Waals surface area contributed by atoms with E-state index in [-0.39, 0.29) is 12.0 Å². The zero-order chi connectivity index (χ0) is 21.5. The third-order valence-corrected chi connectivity index (χ3v) is 5.03. The van der Waals surface area contributed by atoms with Crippen molar-refractivity contribution in [2.75, 3.05) is 20.8 Å². The van der Waals surface area contributed by atoms with Gasteiger partial charge in [0.1, 0.15) is 0 Å². The van der Waals surface area contributed by atoms with Crippen molar-refractivity contribution in [3.8, 4) is 11.5 Å². The minimum Gasteiger partial charge on any atom is -0.493 e. The summed E-state index contributed by atoms with van der Waals surface area (Å²) in [5.74, 6) is 1.76. The molecule has 0 radical (unpaired) electrons. The van der Waals surface area contributed by atoms with E-state index in [1.54, 1.807) is 14.2 Å². The molecule has 1 amide bonds. The highest BCUT2D eigenvalue weighted by Gasteiger charge is 2.27. The topological polar surface area (TPSA) is 60.4 Å². The van der Waals surface area contributed by atoms with Crippen LogP contribution in [0.4, 0.5) is 0 Å². The Morgan fingerprint density at radius 3 is 2.53 bits per heavy atom. The Labute approximate surface area is 178 Å². The van der Waals surface area contributed by atoms with E-state index in [1.807, 2.05) is 53.4 Å². The summed E-state index contributed by atoms with van der Waals surface area (Å²) in [6.45, 7) is 5.19. The molecule has 3 rings (SSSR count). The van der Waals surface area contributed by atoms with E-state index < -0.39 is 0 Å². The molecule has 0 saturated heterocycles. The third-order valence-electron chi connectivity index (χ3n) is 5.03. The van der Waals surface area contributed by atoms with Gasteiger partial charge in [0.05, 0.1) is 26.5 Å². The fourth-order valence-electron chi connectivity index (χ4n) is 3.50. The number of methoxy groups -OCH3 is 2. The smallest absolute Gasteiger partial charge is 0.223 e. The lowest BCUT2D eigenvalue weighted by Gasteiger charge is -2.26. The number of amides is 1. The minimum absolute atomic E-state index is 0.136. The van der Waals surface area contributed by atoms with E-state index in [0.717, 1.165) is 16.8 Å². The number of benzene rings is 2. The van der Waals surface area contributed by atoms with Gasteiger partial charge in [-0.25, -0.2) is 0 Å². The molecule has 1 atom stereocenters. The summed E-state index contributed by atoms with van der Waals surface area (Å²) in [5.41, 5.74) is 2.88. The van der Waals surface area contributed by atoms with Crippen LogP contribution in [0, 0.1) is 5.92 Å². The first-order valence-corrected chi connectivity index (χ1v) is 10.3. The highest BCUT2D eigenvalue weighted by molar-refractivity contribution is 6.01. The molecule has 160 valence electrons. The number of hydrogen-bond acceptors (Lipinski definition) is 5. The second kappa shape index (κ2) is 10.1. The van der Waals surface area contributed by atoms with Crippen LogP contribution in [0.2, 0.25) is 0 Å². The maximum Gasteiger partial charge on any atom is 0.223 e. The molecule has 0 aliphatic carbocycles. The highest BCUT2D eigenvalue weighted by Crippen LogP contribution is 2.29. The Morgan fingerprint density at radius 2 is 1.87 bits per heavy atom. The Bertz CT molecular complexity index is 880. The van der Waals surface area contributed by atoms with E-state index in [0.29, 0.717) is 43.3 Å². The van der Waals surface area contributed by atoms with E-state index in [1.165, 1.54) is 0 Å². The monoisotopic (exact) mass is 410 g/mol. The molecule has 2 aromatic rings. The molecular formula is C24H30N2O4. The van der Waals surface area contributed by atoms with Crippen molar-refractivity contribution < 1.29 is 19.1 Å². The molecule has 6 nitrogen and oxygen atoms in total. The van der Waals surface area contributed by atoms with Gasteiger partial charge in [0.15, 0.2) is 17.6 Å². The van der Waals surface area contributed by atoms with Crippen LogP contribution in [0.15, 0.2) is 53.7 Å². The lowest BCUT2D eigenvalue weighted by atomic mass is 10.0. The predicted octanol–water partition coefficient (Wildman–Crippen LogP) is 4.27. The normalized spacial score (nSPS) is 15.5. The molecule has 1 aliphatic rings. The Balaban J connectivity index is 1.68. The van der Waals surface area contributed by atoms with Gasteiger partial charge in [-0.05, 0) is 29.7 Å².